The lowest BCUT2D eigenvalue weighted by Gasteiger charge is -2.19. The van der Waals surface area contributed by atoms with Gasteiger partial charge in [0.1, 0.15) is 5.78 Å². The minimum absolute atomic E-state index is 0.144. The molecule has 0 saturated carbocycles. The smallest absolute Gasteiger partial charge is 0.199 e. The standard InChI is InChI=1S/C9H14O3/c1-8(10)5-7-12-9-4-2-3-6-11-9/h3,6,9H,2,4-5,7H2,1H3. The zero-order valence-electron chi connectivity index (χ0n) is 7.29. The molecule has 0 fully saturated rings. The molecule has 68 valence electrons. The van der Waals surface area contributed by atoms with Crippen molar-refractivity contribution in [1.82, 2.24) is 0 Å². The van der Waals surface area contributed by atoms with E-state index in [4.69, 9.17) is 9.47 Å². The van der Waals surface area contributed by atoms with E-state index in [0.717, 1.165) is 12.8 Å². The monoisotopic (exact) mass is 170 g/mol. The lowest BCUT2D eigenvalue weighted by atomic mass is 10.2. The van der Waals surface area contributed by atoms with Crippen LogP contribution in [0.25, 0.3) is 0 Å². The maximum absolute atomic E-state index is 10.6. The molecule has 0 aliphatic carbocycles. The van der Waals surface area contributed by atoms with Crippen molar-refractivity contribution in [3.05, 3.63) is 12.3 Å². The normalized spacial score (nSPS) is 21.9. The van der Waals surface area contributed by atoms with Crippen LogP contribution in [0.5, 0.6) is 0 Å². The maximum atomic E-state index is 10.6. The van der Waals surface area contributed by atoms with Crippen molar-refractivity contribution in [3.63, 3.8) is 0 Å². The van der Waals surface area contributed by atoms with Crippen LogP contribution in [0.2, 0.25) is 0 Å². The van der Waals surface area contributed by atoms with E-state index in [2.05, 4.69) is 0 Å². The first kappa shape index (κ1) is 9.26. The van der Waals surface area contributed by atoms with Crippen LogP contribution in [0.15, 0.2) is 12.3 Å². The summed E-state index contributed by atoms with van der Waals surface area (Å²) in [7, 11) is 0. The van der Waals surface area contributed by atoms with Gasteiger partial charge in [0, 0.05) is 12.8 Å². The van der Waals surface area contributed by atoms with Gasteiger partial charge in [0.25, 0.3) is 0 Å². The number of carbonyl (C=O) groups is 1. The summed E-state index contributed by atoms with van der Waals surface area (Å²) in [5.41, 5.74) is 0. The second kappa shape index (κ2) is 4.93. The number of hydrogen-bond acceptors (Lipinski definition) is 3. The molecule has 0 aromatic carbocycles. The summed E-state index contributed by atoms with van der Waals surface area (Å²) < 4.78 is 10.4. The van der Waals surface area contributed by atoms with Gasteiger partial charge in [-0.1, -0.05) is 0 Å². The van der Waals surface area contributed by atoms with Crippen molar-refractivity contribution >= 4 is 5.78 Å². The van der Waals surface area contributed by atoms with Crippen LogP contribution in [0.3, 0.4) is 0 Å². The first-order chi connectivity index (χ1) is 5.79. The van der Waals surface area contributed by atoms with E-state index in [0.29, 0.717) is 13.0 Å². The molecule has 1 aliphatic heterocycles. The first-order valence-electron chi connectivity index (χ1n) is 4.20. The highest BCUT2D eigenvalue weighted by Crippen LogP contribution is 2.11. The fourth-order valence-corrected chi connectivity index (χ4v) is 0.968. The van der Waals surface area contributed by atoms with Crippen molar-refractivity contribution in [1.29, 1.82) is 0 Å². The van der Waals surface area contributed by atoms with Crippen LogP contribution in [-0.4, -0.2) is 18.7 Å². The molecule has 0 N–H and O–H groups in total. The highest BCUT2D eigenvalue weighted by molar-refractivity contribution is 5.75. The van der Waals surface area contributed by atoms with Crippen molar-refractivity contribution in [2.75, 3.05) is 6.61 Å². The molecule has 0 spiro atoms. The van der Waals surface area contributed by atoms with E-state index in [9.17, 15) is 4.79 Å². The van der Waals surface area contributed by atoms with Crippen molar-refractivity contribution in [2.24, 2.45) is 0 Å². The molecule has 0 amide bonds. The van der Waals surface area contributed by atoms with Gasteiger partial charge in [-0.2, -0.15) is 0 Å². The fourth-order valence-electron chi connectivity index (χ4n) is 0.968. The van der Waals surface area contributed by atoms with Crippen LogP contribution in [0, 0.1) is 0 Å². The van der Waals surface area contributed by atoms with Gasteiger partial charge >= 0.3 is 0 Å². The summed E-state index contributed by atoms with van der Waals surface area (Å²) in [6, 6.07) is 0. The third-order valence-corrected chi connectivity index (χ3v) is 1.65. The van der Waals surface area contributed by atoms with Crippen LogP contribution in [0.4, 0.5) is 0 Å². The second-order valence-corrected chi connectivity index (χ2v) is 2.84. The Balaban J connectivity index is 2.06. The number of Topliss-reactive ketones (excluding diaryl/α,β-unsaturated/α-hetero) is 1. The number of ketones is 1. The fraction of sp³-hybridized carbons (Fsp3) is 0.667. The zero-order valence-corrected chi connectivity index (χ0v) is 7.29. The molecule has 0 saturated heterocycles. The Labute approximate surface area is 72.4 Å². The average Bonchev–Trinajstić information content (AvgIpc) is 2.05. The topological polar surface area (TPSA) is 35.5 Å². The van der Waals surface area contributed by atoms with E-state index in [-0.39, 0.29) is 12.1 Å². The minimum Gasteiger partial charge on any atom is -0.473 e. The molecule has 1 unspecified atom stereocenters. The Morgan fingerprint density at radius 1 is 1.75 bits per heavy atom. The largest absolute Gasteiger partial charge is 0.473 e. The van der Waals surface area contributed by atoms with Gasteiger partial charge in [0.2, 0.25) is 0 Å². The predicted octanol–water partition coefficient (Wildman–Crippen LogP) is 1.63. The van der Waals surface area contributed by atoms with E-state index < -0.39 is 0 Å². The Kier molecular flexibility index (Phi) is 3.80. The second-order valence-electron chi connectivity index (χ2n) is 2.84. The van der Waals surface area contributed by atoms with Crippen molar-refractivity contribution < 1.29 is 14.3 Å². The van der Waals surface area contributed by atoms with E-state index >= 15 is 0 Å². The van der Waals surface area contributed by atoms with Crippen LogP contribution in [0.1, 0.15) is 26.2 Å². The van der Waals surface area contributed by atoms with Crippen LogP contribution >= 0.6 is 0 Å². The van der Waals surface area contributed by atoms with E-state index in [1.165, 1.54) is 0 Å². The highest BCUT2D eigenvalue weighted by atomic mass is 16.7. The summed E-state index contributed by atoms with van der Waals surface area (Å²) in [5, 5.41) is 0. The number of carbonyl (C=O) groups excluding carboxylic acids is 1. The predicted molar refractivity (Wildman–Crippen MR) is 44.5 cm³/mol. The molecular formula is C9H14O3. The summed E-state index contributed by atoms with van der Waals surface area (Å²) in [6.07, 6.45) is 5.82. The molecule has 1 atom stereocenters. The van der Waals surface area contributed by atoms with Gasteiger partial charge in [-0.25, -0.2) is 0 Å². The van der Waals surface area contributed by atoms with Crippen LogP contribution < -0.4 is 0 Å². The molecule has 0 radical (unpaired) electrons. The summed E-state index contributed by atoms with van der Waals surface area (Å²) in [6.45, 7) is 2.03. The summed E-state index contributed by atoms with van der Waals surface area (Å²) in [5.74, 6) is 0.154. The molecule has 1 heterocycles. The zero-order chi connectivity index (χ0) is 8.81. The quantitative estimate of drug-likeness (QED) is 0.643. The SMILES string of the molecule is CC(=O)CCOC1CCC=CO1. The van der Waals surface area contributed by atoms with Crippen molar-refractivity contribution in [3.8, 4) is 0 Å². The number of hydrogen-bond donors (Lipinski definition) is 0. The van der Waals surface area contributed by atoms with Gasteiger partial charge in [-0.3, -0.25) is 4.79 Å². The van der Waals surface area contributed by atoms with Gasteiger partial charge in [-0.05, 0) is 19.4 Å². The molecule has 0 aromatic heterocycles. The molecule has 3 heteroatoms. The number of ether oxygens (including phenoxy) is 2. The Bertz CT molecular complexity index is 175. The Morgan fingerprint density at radius 2 is 2.58 bits per heavy atom. The lowest BCUT2D eigenvalue weighted by Crippen LogP contribution is -2.18. The molecule has 1 aliphatic rings. The Morgan fingerprint density at radius 3 is 3.17 bits per heavy atom. The molecular weight excluding hydrogens is 156 g/mol. The molecule has 3 nitrogen and oxygen atoms in total. The van der Waals surface area contributed by atoms with Crippen LogP contribution in [-0.2, 0) is 14.3 Å². The number of rotatable bonds is 4. The lowest BCUT2D eigenvalue weighted by molar-refractivity contribution is -0.129. The molecule has 12 heavy (non-hydrogen) atoms. The number of allylic oxidation sites excluding steroid dienone is 1. The van der Waals surface area contributed by atoms with Gasteiger partial charge in [0.15, 0.2) is 6.29 Å². The highest BCUT2D eigenvalue weighted by Gasteiger charge is 2.10. The van der Waals surface area contributed by atoms with E-state index in [1.807, 2.05) is 6.08 Å². The first-order valence-corrected chi connectivity index (χ1v) is 4.20. The third kappa shape index (κ3) is 3.53. The minimum atomic E-state index is -0.144. The summed E-state index contributed by atoms with van der Waals surface area (Å²) >= 11 is 0. The molecule has 1 rings (SSSR count). The van der Waals surface area contributed by atoms with Gasteiger partial charge < -0.3 is 9.47 Å². The van der Waals surface area contributed by atoms with Gasteiger partial charge in [-0.15, -0.1) is 0 Å². The summed E-state index contributed by atoms with van der Waals surface area (Å²) in [4.78, 5) is 10.6. The maximum Gasteiger partial charge on any atom is 0.199 e. The van der Waals surface area contributed by atoms with Gasteiger partial charge in [0.05, 0.1) is 12.9 Å². The molecule has 0 aromatic rings. The average molecular weight is 170 g/mol. The van der Waals surface area contributed by atoms with E-state index in [1.54, 1.807) is 13.2 Å². The Hall–Kier alpha value is -0.830. The third-order valence-electron chi connectivity index (χ3n) is 1.65. The van der Waals surface area contributed by atoms with Crippen molar-refractivity contribution in [2.45, 2.75) is 32.5 Å². The molecule has 0 bridgehead atoms.